The van der Waals surface area contributed by atoms with E-state index in [2.05, 4.69) is 10.4 Å². The van der Waals surface area contributed by atoms with E-state index in [0.717, 1.165) is 22.2 Å². The van der Waals surface area contributed by atoms with Crippen LogP contribution in [-0.2, 0) is 0 Å². The minimum absolute atomic E-state index is 0.264. The number of pyridine rings is 1. The molecular formula is C14H17N3O. The van der Waals surface area contributed by atoms with Crippen LogP contribution in [0.25, 0.3) is 10.9 Å². The summed E-state index contributed by atoms with van der Waals surface area (Å²) in [5, 5.41) is 0.836. The molecule has 2 rings (SSSR count). The standard InChI is InChI=1S/C14H17N3O/c1-8(2)13-7-11(14(18)17-15)10-6-9(3)4-5-12(10)16-13/h4-8H,15H2,1-3H3,(H,17,18). The lowest BCUT2D eigenvalue weighted by atomic mass is 10.0. The Kier molecular flexibility index (Phi) is 3.30. The van der Waals surface area contributed by atoms with E-state index in [9.17, 15) is 4.79 Å². The lowest BCUT2D eigenvalue weighted by Crippen LogP contribution is -2.30. The molecule has 1 aromatic heterocycles. The van der Waals surface area contributed by atoms with E-state index in [-0.39, 0.29) is 11.8 Å². The van der Waals surface area contributed by atoms with Crippen LogP contribution in [0, 0.1) is 6.92 Å². The normalized spacial score (nSPS) is 10.9. The van der Waals surface area contributed by atoms with Crippen molar-refractivity contribution >= 4 is 16.8 Å². The lowest BCUT2D eigenvalue weighted by Gasteiger charge is -2.11. The molecule has 0 spiro atoms. The number of amides is 1. The van der Waals surface area contributed by atoms with Crippen molar-refractivity contribution in [2.45, 2.75) is 26.7 Å². The van der Waals surface area contributed by atoms with Crippen molar-refractivity contribution in [2.24, 2.45) is 5.84 Å². The largest absolute Gasteiger partial charge is 0.290 e. The summed E-state index contributed by atoms with van der Waals surface area (Å²) in [4.78, 5) is 16.4. The highest BCUT2D eigenvalue weighted by Gasteiger charge is 2.13. The number of carbonyl (C=O) groups excluding carboxylic acids is 1. The van der Waals surface area contributed by atoms with Crippen LogP contribution in [0.15, 0.2) is 24.3 Å². The first-order valence-electron chi connectivity index (χ1n) is 5.95. The summed E-state index contributed by atoms with van der Waals surface area (Å²) in [6.07, 6.45) is 0. The van der Waals surface area contributed by atoms with Crippen molar-refractivity contribution in [3.05, 3.63) is 41.1 Å². The van der Waals surface area contributed by atoms with E-state index < -0.39 is 0 Å². The number of fused-ring (bicyclic) bond motifs is 1. The summed E-state index contributed by atoms with van der Waals surface area (Å²) >= 11 is 0. The predicted octanol–water partition coefficient (Wildman–Crippen LogP) is 2.27. The Hall–Kier alpha value is -1.94. The predicted molar refractivity (Wildman–Crippen MR) is 72.2 cm³/mol. The second-order valence-electron chi connectivity index (χ2n) is 4.74. The fraction of sp³-hybridized carbons (Fsp3) is 0.286. The van der Waals surface area contributed by atoms with Gasteiger partial charge in [0, 0.05) is 11.1 Å². The monoisotopic (exact) mass is 243 g/mol. The van der Waals surface area contributed by atoms with Crippen molar-refractivity contribution in [2.75, 3.05) is 0 Å². The number of nitrogens with two attached hydrogens (primary N) is 1. The van der Waals surface area contributed by atoms with Crippen molar-refractivity contribution < 1.29 is 4.79 Å². The Morgan fingerprint density at radius 3 is 2.67 bits per heavy atom. The molecular weight excluding hydrogens is 226 g/mol. The molecule has 0 aliphatic heterocycles. The molecule has 4 heteroatoms. The smallest absolute Gasteiger partial charge is 0.265 e. The van der Waals surface area contributed by atoms with E-state index in [1.54, 1.807) is 0 Å². The molecule has 0 radical (unpaired) electrons. The summed E-state index contributed by atoms with van der Waals surface area (Å²) in [5.41, 5.74) is 5.58. The number of benzene rings is 1. The van der Waals surface area contributed by atoms with Gasteiger partial charge in [0.05, 0.1) is 11.1 Å². The summed E-state index contributed by atoms with van der Waals surface area (Å²) in [6.45, 7) is 6.08. The van der Waals surface area contributed by atoms with Gasteiger partial charge in [-0.3, -0.25) is 15.2 Å². The Morgan fingerprint density at radius 2 is 2.06 bits per heavy atom. The first-order valence-corrected chi connectivity index (χ1v) is 5.95. The van der Waals surface area contributed by atoms with Gasteiger partial charge < -0.3 is 0 Å². The van der Waals surface area contributed by atoms with Crippen LogP contribution in [0.5, 0.6) is 0 Å². The minimum atomic E-state index is -0.282. The van der Waals surface area contributed by atoms with Crippen LogP contribution in [0.3, 0.4) is 0 Å². The van der Waals surface area contributed by atoms with Gasteiger partial charge in [-0.05, 0) is 31.0 Å². The third-order valence-electron chi connectivity index (χ3n) is 2.95. The maximum absolute atomic E-state index is 11.8. The number of hydrogen-bond acceptors (Lipinski definition) is 3. The number of nitrogen functional groups attached to an aromatic ring is 1. The summed E-state index contributed by atoms with van der Waals surface area (Å²) in [6, 6.07) is 7.69. The molecule has 0 saturated carbocycles. The van der Waals surface area contributed by atoms with Gasteiger partial charge in [-0.2, -0.15) is 0 Å². The van der Waals surface area contributed by atoms with Crippen LogP contribution >= 0.6 is 0 Å². The molecule has 4 nitrogen and oxygen atoms in total. The third-order valence-corrected chi connectivity index (χ3v) is 2.95. The molecule has 0 bridgehead atoms. The van der Waals surface area contributed by atoms with Crippen LogP contribution < -0.4 is 11.3 Å². The molecule has 2 aromatic rings. The number of hydrogen-bond donors (Lipinski definition) is 2. The Bertz CT molecular complexity index is 605. The molecule has 0 atom stereocenters. The quantitative estimate of drug-likeness (QED) is 0.483. The summed E-state index contributed by atoms with van der Waals surface area (Å²) < 4.78 is 0. The Morgan fingerprint density at radius 1 is 1.33 bits per heavy atom. The Balaban J connectivity index is 2.77. The van der Waals surface area contributed by atoms with Gasteiger partial charge in [-0.25, -0.2) is 5.84 Å². The number of rotatable bonds is 2. The fourth-order valence-electron chi connectivity index (χ4n) is 1.92. The Labute approximate surface area is 106 Å². The molecule has 18 heavy (non-hydrogen) atoms. The maximum Gasteiger partial charge on any atom is 0.265 e. The molecule has 0 saturated heterocycles. The lowest BCUT2D eigenvalue weighted by molar-refractivity contribution is 0.0955. The van der Waals surface area contributed by atoms with Gasteiger partial charge in [0.2, 0.25) is 0 Å². The number of aromatic nitrogens is 1. The molecule has 0 unspecified atom stereocenters. The number of nitrogens with one attached hydrogen (secondary N) is 1. The second kappa shape index (κ2) is 4.74. The van der Waals surface area contributed by atoms with Crippen LogP contribution in [0.2, 0.25) is 0 Å². The molecule has 0 fully saturated rings. The van der Waals surface area contributed by atoms with Crippen LogP contribution in [0.4, 0.5) is 0 Å². The van der Waals surface area contributed by atoms with Crippen molar-refractivity contribution in [1.82, 2.24) is 10.4 Å². The summed E-state index contributed by atoms with van der Waals surface area (Å²) in [5.74, 6) is 5.22. The molecule has 0 aliphatic carbocycles. The second-order valence-corrected chi connectivity index (χ2v) is 4.74. The van der Waals surface area contributed by atoms with Gasteiger partial charge in [-0.15, -0.1) is 0 Å². The first-order chi connectivity index (χ1) is 8.52. The topological polar surface area (TPSA) is 68.0 Å². The maximum atomic E-state index is 11.8. The van der Waals surface area contributed by atoms with E-state index in [4.69, 9.17) is 5.84 Å². The average molecular weight is 243 g/mol. The SMILES string of the molecule is Cc1ccc2nc(C(C)C)cc(C(=O)NN)c2c1. The molecule has 1 heterocycles. The van der Waals surface area contributed by atoms with Crippen LogP contribution in [-0.4, -0.2) is 10.9 Å². The summed E-state index contributed by atoms with van der Waals surface area (Å²) in [7, 11) is 0. The molecule has 0 aliphatic rings. The number of aryl methyl sites for hydroxylation is 1. The van der Waals surface area contributed by atoms with Gasteiger partial charge >= 0.3 is 0 Å². The highest BCUT2D eigenvalue weighted by atomic mass is 16.2. The number of hydrazine groups is 1. The van der Waals surface area contributed by atoms with Crippen molar-refractivity contribution in [3.63, 3.8) is 0 Å². The van der Waals surface area contributed by atoms with E-state index in [1.165, 1.54) is 0 Å². The molecule has 3 N–H and O–H groups in total. The highest BCUT2D eigenvalue weighted by molar-refractivity contribution is 6.06. The first kappa shape index (κ1) is 12.5. The minimum Gasteiger partial charge on any atom is -0.290 e. The van der Waals surface area contributed by atoms with Gasteiger partial charge in [0.25, 0.3) is 5.91 Å². The van der Waals surface area contributed by atoms with Crippen molar-refractivity contribution in [3.8, 4) is 0 Å². The van der Waals surface area contributed by atoms with E-state index >= 15 is 0 Å². The molecule has 1 aromatic carbocycles. The van der Waals surface area contributed by atoms with Crippen molar-refractivity contribution in [1.29, 1.82) is 0 Å². The molecule has 94 valence electrons. The zero-order valence-corrected chi connectivity index (χ0v) is 10.8. The van der Waals surface area contributed by atoms with E-state index in [0.29, 0.717) is 5.56 Å². The fourth-order valence-corrected chi connectivity index (χ4v) is 1.92. The highest BCUT2D eigenvalue weighted by Crippen LogP contribution is 2.23. The average Bonchev–Trinajstić information content (AvgIpc) is 2.36. The zero-order chi connectivity index (χ0) is 13.3. The number of carbonyl (C=O) groups is 1. The molecule has 1 amide bonds. The zero-order valence-electron chi connectivity index (χ0n) is 10.8. The van der Waals surface area contributed by atoms with Gasteiger partial charge in [0.1, 0.15) is 0 Å². The third kappa shape index (κ3) is 2.19. The number of nitrogens with zero attached hydrogens (tertiary/aromatic N) is 1. The van der Waals surface area contributed by atoms with E-state index in [1.807, 2.05) is 45.0 Å². The van der Waals surface area contributed by atoms with Gasteiger partial charge in [0.15, 0.2) is 0 Å². The van der Waals surface area contributed by atoms with Gasteiger partial charge in [-0.1, -0.05) is 25.5 Å². The van der Waals surface area contributed by atoms with Crippen LogP contribution in [0.1, 0.15) is 41.4 Å².